The Kier molecular flexibility index (Phi) is 4.97. The summed E-state index contributed by atoms with van der Waals surface area (Å²) in [7, 11) is -3.17. The van der Waals surface area contributed by atoms with Gasteiger partial charge in [-0.2, -0.15) is 8.78 Å². The Morgan fingerprint density at radius 3 is 2.82 bits per heavy atom. The maximum absolute atomic E-state index is 14.0. The summed E-state index contributed by atoms with van der Waals surface area (Å²) in [6.45, 7) is 1.80. The van der Waals surface area contributed by atoms with Crippen molar-refractivity contribution in [1.82, 2.24) is 4.98 Å². The molecular weight excluding hydrogens is 388 g/mol. The molecule has 1 aromatic heterocycles. The van der Waals surface area contributed by atoms with Gasteiger partial charge in [0.2, 0.25) is 0 Å². The van der Waals surface area contributed by atoms with Crippen LogP contribution in [-0.4, -0.2) is 38.1 Å². The fourth-order valence-corrected chi connectivity index (χ4v) is 4.95. The number of aromatic nitrogens is 1. The van der Waals surface area contributed by atoms with Gasteiger partial charge < -0.3 is 9.47 Å². The molecule has 0 spiro atoms. The van der Waals surface area contributed by atoms with Gasteiger partial charge in [-0.15, -0.1) is 0 Å². The van der Waals surface area contributed by atoms with Crippen molar-refractivity contribution < 1.29 is 26.7 Å². The second kappa shape index (κ2) is 7.17. The van der Waals surface area contributed by atoms with Crippen LogP contribution in [0.2, 0.25) is 0 Å². The Morgan fingerprint density at radius 2 is 2.04 bits per heavy atom. The fraction of sp³-hybridized carbons (Fsp3) is 0.450. The van der Waals surface area contributed by atoms with Gasteiger partial charge in [-0.1, -0.05) is 19.1 Å². The molecule has 0 fully saturated rings. The summed E-state index contributed by atoms with van der Waals surface area (Å²) >= 11 is 0. The smallest absolute Gasteiger partial charge is 0.296 e. The number of hydrogen-bond donors (Lipinski definition) is 0. The van der Waals surface area contributed by atoms with E-state index in [1.807, 2.05) is 0 Å². The van der Waals surface area contributed by atoms with Crippen molar-refractivity contribution in [2.24, 2.45) is 0 Å². The lowest BCUT2D eigenvalue weighted by molar-refractivity contribution is -0.103. The van der Waals surface area contributed by atoms with Gasteiger partial charge in [0, 0.05) is 35.2 Å². The first-order chi connectivity index (χ1) is 13.3. The number of sulfone groups is 1. The molecule has 0 saturated carbocycles. The van der Waals surface area contributed by atoms with Crippen LogP contribution in [0.5, 0.6) is 0 Å². The zero-order chi connectivity index (χ0) is 19.9. The highest BCUT2D eigenvalue weighted by Crippen LogP contribution is 2.39. The van der Waals surface area contributed by atoms with Crippen LogP contribution in [-0.2, 0) is 38.4 Å². The zero-order valence-electron chi connectivity index (χ0n) is 15.5. The molecule has 150 valence electrons. The molecule has 1 unspecified atom stereocenters. The van der Waals surface area contributed by atoms with E-state index in [-0.39, 0.29) is 29.6 Å². The number of fused-ring (bicyclic) bond motifs is 2. The number of hydrogen-bond acceptors (Lipinski definition) is 5. The van der Waals surface area contributed by atoms with Crippen molar-refractivity contribution in [3.05, 3.63) is 52.8 Å². The third-order valence-electron chi connectivity index (χ3n) is 5.34. The van der Waals surface area contributed by atoms with E-state index in [9.17, 15) is 17.2 Å². The van der Waals surface area contributed by atoms with Gasteiger partial charge in [-0.05, 0) is 28.3 Å². The van der Waals surface area contributed by atoms with Crippen LogP contribution in [0.15, 0.2) is 30.6 Å². The van der Waals surface area contributed by atoms with Crippen molar-refractivity contribution in [3.63, 3.8) is 0 Å². The van der Waals surface area contributed by atoms with Crippen molar-refractivity contribution in [2.75, 3.05) is 24.7 Å². The molecule has 5 nitrogen and oxygen atoms in total. The highest BCUT2D eigenvalue weighted by atomic mass is 32.2. The van der Waals surface area contributed by atoms with Crippen LogP contribution < -0.4 is 0 Å². The number of ether oxygens (including phenoxy) is 2. The van der Waals surface area contributed by atoms with E-state index in [2.05, 4.69) is 4.98 Å². The summed E-state index contributed by atoms with van der Waals surface area (Å²) in [4.78, 5) is 4.29. The third-order valence-corrected chi connectivity index (χ3v) is 7.13. The molecule has 1 aromatic carbocycles. The summed E-state index contributed by atoms with van der Waals surface area (Å²) in [5.74, 6) is -3.20. The second-order valence-corrected chi connectivity index (χ2v) is 9.63. The molecule has 0 saturated heterocycles. The normalized spacial score (nSPS) is 21.0. The number of rotatable bonds is 4. The number of nitrogens with zero attached hydrogens (tertiary/aromatic N) is 1. The van der Waals surface area contributed by atoms with Crippen LogP contribution >= 0.6 is 0 Å². The molecule has 0 bridgehead atoms. The van der Waals surface area contributed by atoms with E-state index in [0.29, 0.717) is 18.8 Å². The van der Waals surface area contributed by atoms with Gasteiger partial charge >= 0.3 is 0 Å². The van der Waals surface area contributed by atoms with Gasteiger partial charge in [0.25, 0.3) is 5.92 Å². The maximum atomic E-state index is 14.0. The number of benzene rings is 1. The Bertz CT molecular complexity index is 1010. The third kappa shape index (κ3) is 3.56. The number of alkyl halides is 2. The van der Waals surface area contributed by atoms with E-state index in [0.717, 1.165) is 22.3 Å². The Labute approximate surface area is 162 Å². The Morgan fingerprint density at radius 1 is 1.21 bits per heavy atom. The van der Waals surface area contributed by atoms with Crippen LogP contribution in [0.3, 0.4) is 0 Å². The molecule has 2 aliphatic heterocycles. The molecule has 0 radical (unpaired) electrons. The number of pyridine rings is 1. The monoisotopic (exact) mass is 409 g/mol. The van der Waals surface area contributed by atoms with E-state index < -0.39 is 22.4 Å². The molecule has 4 rings (SSSR count). The first-order valence-electron chi connectivity index (χ1n) is 9.15. The molecule has 1 atom stereocenters. The van der Waals surface area contributed by atoms with Gasteiger partial charge in [-0.25, -0.2) is 8.42 Å². The summed E-state index contributed by atoms with van der Waals surface area (Å²) in [5, 5.41) is 0. The first-order valence-corrected chi connectivity index (χ1v) is 11.0. The lowest BCUT2D eigenvalue weighted by Gasteiger charge is -2.28. The quantitative estimate of drug-likeness (QED) is 0.774. The predicted molar refractivity (Wildman–Crippen MR) is 99.9 cm³/mol. The highest BCUT2D eigenvalue weighted by Gasteiger charge is 2.37. The predicted octanol–water partition coefficient (Wildman–Crippen LogP) is 3.42. The average molecular weight is 409 g/mol. The van der Waals surface area contributed by atoms with Crippen LogP contribution in [0.4, 0.5) is 8.78 Å². The lowest BCUT2D eigenvalue weighted by Crippen LogP contribution is -2.27. The molecule has 3 heterocycles. The summed E-state index contributed by atoms with van der Waals surface area (Å²) in [6.07, 6.45) is 3.36. The molecule has 2 aliphatic rings. The number of halogens is 2. The largest absolute Gasteiger partial charge is 0.376 e. The van der Waals surface area contributed by atoms with Crippen LogP contribution in [0.25, 0.3) is 11.1 Å². The van der Waals surface area contributed by atoms with Gasteiger partial charge in [-0.3, -0.25) is 4.98 Å². The van der Waals surface area contributed by atoms with Crippen molar-refractivity contribution in [1.29, 1.82) is 0 Å². The molecule has 28 heavy (non-hydrogen) atoms. The van der Waals surface area contributed by atoms with Gasteiger partial charge in [0.1, 0.15) is 6.61 Å². The molecule has 2 aromatic rings. The van der Waals surface area contributed by atoms with E-state index in [4.69, 9.17) is 9.47 Å². The fourth-order valence-electron chi connectivity index (χ4n) is 3.82. The summed E-state index contributed by atoms with van der Waals surface area (Å²) < 4.78 is 63.0. The molecule has 0 amide bonds. The first kappa shape index (κ1) is 19.4. The zero-order valence-corrected chi connectivity index (χ0v) is 16.3. The topological polar surface area (TPSA) is 65.5 Å². The minimum absolute atomic E-state index is 0.00584. The second-order valence-electron chi connectivity index (χ2n) is 7.23. The maximum Gasteiger partial charge on any atom is 0.296 e. The van der Waals surface area contributed by atoms with Crippen molar-refractivity contribution >= 4 is 9.84 Å². The van der Waals surface area contributed by atoms with Gasteiger partial charge in [0.05, 0.1) is 25.6 Å². The van der Waals surface area contributed by atoms with Crippen molar-refractivity contribution in [3.8, 4) is 11.1 Å². The minimum Gasteiger partial charge on any atom is -0.376 e. The average Bonchev–Trinajstić information content (AvgIpc) is 2.67. The summed E-state index contributed by atoms with van der Waals surface area (Å²) in [5.41, 5.74) is 3.66. The highest BCUT2D eigenvalue weighted by molar-refractivity contribution is 7.91. The standard InChI is InChI=1S/C20H21F2NO4S/c1-2-28(24,25)11-15-9-26-10-18-16(6-23-7-17(15)18)13-3-4-19-14(5-13)8-27-12-20(19,21)22/h3-7,15H,2,8-12H2,1H3. The molecule has 0 N–H and O–H groups in total. The van der Waals surface area contributed by atoms with Crippen LogP contribution in [0, 0.1) is 0 Å². The minimum atomic E-state index is -3.17. The van der Waals surface area contributed by atoms with E-state index >= 15 is 0 Å². The molecular formula is C20H21F2NO4S. The van der Waals surface area contributed by atoms with Gasteiger partial charge in [0.15, 0.2) is 9.84 Å². The molecule has 0 aliphatic carbocycles. The summed E-state index contributed by atoms with van der Waals surface area (Å²) in [6, 6.07) is 4.79. The SMILES string of the molecule is CCS(=O)(=O)CC1COCc2c(-c3ccc4c(c3)COCC4(F)F)cncc21. The Balaban J connectivity index is 1.75. The van der Waals surface area contributed by atoms with E-state index in [1.54, 1.807) is 31.5 Å². The lowest BCUT2D eigenvalue weighted by atomic mass is 9.89. The van der Waals surface area contributed by atoms with Crippen LogP contribution in [0.1, 0.15) is 35.1 Å². The molecule has 8 heteroatoms. The van der Waals surface area contributed by atoms with E-state index in [1.165, 1.54) is 6.07 Å². The Hall–Kier alpha value is -1.90. The van der Waals surface area contributed by atoms with Crippen molar-refractivity contribution in [2.45, 2.75) is 32.0 Å².